The van der Waals surface area contributed by atoms with E-state index in [1.54, 1.807) is 40.4 Å². The SMILES string of the molecule is C=C(Nc1nccs1)C(c1ncn2c1C[C@@H](F)C2)n1cc2c(C(F)(F)F)cc(-c3ccc(N4CCCCC4)cc3)c(C(F)F)c2n1. The van der Waals surface area contributed by atoms with Gasteiger partial charge in [-0.15, -0.1) is 11.3 Å². The summed E-state index contributed by atoms with van der Waals surface area (Å²) in [4.78, 5) is 10.8. The molecule has 0 saturated carbocycles. The maximum Gasteiger partial charge on any atom is 0.417 e. The summed E-state index contributed by atoms with van der Waals surface area (Å²) in [6.45, 7) is 5.89. The molecule has 7 nitrogen and oxygen atoms in total. The first-order valence-electron chi connectivity index (χ1n) is 14.9. The minimum Gasteiger partial charge on any atom is -0.372 e. The van der Waals surface area contributed by atoms with E-state index in [0.717, 1.165) is 55.0 Å². The Kier molecular flexibility index (Phi) is 7.78. The smallest absolute Gasteiger partial charge is 0.372 e. The van der Waals surface area contributed by atoms with Crippen LogP contribution in [-0.4, -0.2) is 43.6 Å². The maximum atomic E-state index is 14.9. The number of rotatable bonds is 8. The number of hydrogen-bond donors (Lipinski definition) is 1. The highest BCUT2D eigenvalue weighted by molar-refractivity contribution is 7.13. The van der Waals surface area contributed by atoms with Crippen LogP contribution in [0.15, 0.2) is 66.7 Å². The second-order valence-electron chi connectivity index (χ2n) is 11.6. The molecule has 1 N–H and O–H groups in total. The van der Waals surface area contributed by atoms with Crippen LogP contribution in [-0.2, 0) is 19.1 Å². The summed E-state index contributed by atoms with van der Waals surface area (Å²) in [7, 11) is 0. The van der Waals surface area contributed by atoms with Gasteiger partial charge in [-0.1, -0.05) is 18.7 Å². The molecule has 0 bridgehead atoms. The van der Waals surface area contributed by atoms with Crippen LogP contribution in [0.25, 0.3) is 22.0 Å². The third-order valence-electron chi connectivity index (χ3n) is 8.62. The first-order valence-corrected chi connectivity index (χ1v) is 15.8. The number of anilines is 2. The number of hydrogen-bond acceptors (Lipinski definition) is 6. The topological polar surface area (TPSA) is 63.8 Å². The third kappa shape index (κ3) is 5.52. The highest BCUT2D eigenvalue weighted by atomic mass is 32.1. The zero-order valence-electron chi connectivity index (χ0n) is 24.4. The van der Waals surface area contributed by atoms with E-state index in [-0.39, 0.29) is 29.8 Å². The standard InChI is InChI=1S/C32H29F6N7S/c1-18(41-31-39-9-12-46-31)29(28-25-13-20(33)15-44(25)17-40-28)45-16-23-24(32(36,37)38)14-22(26(30(34)35)27(23)42-45)19-5-7-21(8-6-19)43-10-3-2-4-11-43/h5-9,12,14,16-17,20,29-30H,1-4,10-11,13,15H2,(H,39,41)/t20-,29?/m1/s1. The van der Waals surface area contributed by atoms with Gasteiger partial charge in [-0.3, -0.25) is 4.68 Å². The highest BCUT2D eigenvalue weighted by Crippen LogP contribution is 2.45. The van der Waals surface area contributed by atoms with Crippen LogP contribution in [0.4, 0.5) is 37.2 Å². The summed E-state index contributed by atoms with van der Waals surface area (Å²) in [6, 6.07) is 6.40. The first-order chi connectivity index (χ1) is 22.1. The van der Waals surface area contributed by atoms with Crippen molar-refractivity contribution in [2.24, 2.45) is 0 Å². The molecule has 1 unspecified atom stereocenters. The van der Waals surface area contributed by atoms with Crippen molar-refractivity contribution in [2.75, 3.05) is 23.3 Å². The highest BCUT2D eigenvalue weighted by Gasteiger charge is 2.38. The van der Waals surface area contributed by atoms with Gasteiger partial charge in [-0.25, -0.2) is 23.1 Å². The van der Waals surface area contributed by atoms with Gasteiger partial charge in [0, 0.05) is 59.7 Å². The molecule has 2 aromatic carbocycles. The molecule has 0 radical (unpaired) electrons. The number of halogens is 6. The molecule has 7 rings (SSSR count). The van der Waals surface area contributed by atoms with Gasteiger partial charge in [0.2, 0.25) is 0 Å². The van der Waals surface area contributed by atoms with Gasteiger partial charge in [0.25, 0.3) is 6.43 Å². The summed E-state index contributed by atoms with van der Waals surface area (Å²) >= 11 is 1.26. The van der Waals surface area contributed by atoms with E-state index < -0.39 is 46.8 Å². The largest absolute Gasteiger partial charge is 0.417 e. The van der Waals surface area contributed by atoms with Gasteiger partial charge in [-0.05, 0) is 48.6 Å². The number of benzene rings is 2. The van der Waals surface area contributed by atoms with E-state index in [1.165, 1.54) is 17.7 Å². The molecule has 3 aromatic heterocycles. The summed E-state index contributed by atoms with van der Waals surface area (Å²) in [5.74, 6) is 0. The van der Waals surface area contributed by atoms with E-state index in [0.29, 0.717) is 16.5 Å². The van der Waals surface area contributed by atoms with Crippen LogP contribution >= 0.6 is 11.3 Å². The summed E-state index contributed by atoms with van der Waals surface area (Å²) < 4.78 is 91.0. The molecule has 1 saturated heterocycles. The van der Waals surface area contributed by atoms with Gasteiger partial charge < -0.3 is 14.8 Å². The molecule has 0 spiro atoms. The van der Waals surface area contributed by atoms with Crippen LogP contribution in [0, 0.1) is 0 Å². The number of imidazole rings is 1. The zero-order chi connectivity index (χ0) is 32.2. The maximum absolute atomic E-state index is 14.9. The normalized spacial score (nSPS) is 17.5. The lowest BCUT2D eigenvalue weighted by Crippen LogP contribution is -2.29. The van der Waals surface area contributed by atoms with Crippen LogP contribution in [0.5, 0.6) is 0 Å². The molecule has 240 valence electrons. The fourth-order valence-corrected chi connectivity index (χ4v) is 7.07. The summed E-state index contributed by atoms with van der Waals surface area (Å²) in [5, 5.41) is 9.13. The fraction of sp³-hybridized carbons (Fsp3) is 0.344. The average Bonchev–Trinajstić information content (AvgIpc) is 3.83. The molecule has 46 heavy (non-hydrogen) atoms. The minimum atomic E-state index is -4.88. The van der Waals surface area contributed by atoms with Crippen LogP contribution in [0.1, 0.15) is 54.2 Å². The minimum absolute atomic E-state index is 0.0326. The number of allylic oxidation sites excluding steroid dienone is 1. The molecule has 14 heteroatoms. The Hall–Kier alpha value is -4.33. The van der Waals surface area contributed by atoms with E-state index in [2.05, 4.69) is 31.9 Å². The Bertz CT molecular complexity index is 1870. The van der Waals surface area contributed by atoms with Crippen LogP contribution < -0.4 is 10.2 Å². The fourth-order valence-electron chi connectivity index (χ4n) is 6.50. The summed E-state index contributed by atoms with van der Waals surface area (Å²) in [5.41, 5.74) is -0.247. The van der Waals surface area contributed by atoms with Gasteiger partial charge in [-0.2, -0.15) is 18.3 Å². The van der Waals surface area contributed by atoms with Gasteiger partial charge >= 0.3 is 6.18 Å². The molecule has 5 aromatic rings. The first kappa shape index (κ1) is 30.3. The second kappa shape index (κ2) is 11.8. The number of alkyl halides is 6. The Morgan fingerprint density at radius 3 is 2.50 bits per heavy atom. The molecular weight excluding hydrogens is 628 g/mol. The quantitative estimate of drug-likeness (QED) is 0.170. The van der Waals surface area contributed by atoms with E-state index in [9.17, 15) is 26.3 Å². The predicted molar refractivity (Wildman–Crippen MR) is 165 cm³/mol. The van der Waals surface area contributed by atoms with Crippen molar-refractivity contribution in [3.8, 4) is 11.1 Å². The van der Waals surface area contributed by atoms with Gasteiger partial charge in [0.05, 0.1) is 29.7 Å². The Morgan fingerprint density at radius 2 is 1.83 bits per heavy atom. The van der Waals surface area contributed by atoms with Gasteiger partial charge in [0.1, 0.15) is 17.7 Å². The molecule has 1 fully saturated rings. The second-order valence-corrected chi connectivity index (χ2v) is 12.5. The lowest BCUT2D eigenvalue weighted by atomic mass is 9.94. The van der Waals surface area contributed by atoms with Crippen molar-refractivity contribution in [3.05, 3.63) is 89.2 Å². The van der Waals surface area contributed by atoms with Gasteiger partial charge in [0.15, 0.2) is 5.13 Å². The zero-order valence-corrected chi connectivity index (χ0v) is 25.3. The monoisotopic (exact) mass is 657 g/mol. The number of thiazole rings is 1. The van der Waals surface area contributed by atoms with Crippen LogP contribution in [0.3, 0.4) is 0 Å². The molecule has 2 aliphatic heterocycles. The molecular formula is C32H29F6N7S. The number of aromatic nitrogens is 5. The molecule has 2 atom stereocenters. The van der Waals surface area contributed by atoms with E-state index in [4.69, 9.17) is 0 Å². The Balaban J connectivity index is 1.39. The van der Waals surface area contributed by atoms with Crippen LogP contribution in [0.2, 0.25) is 0 Å². The Labute approximate surface area is 264 Å². The number of fused-ring (bicyclic) bond motifs is 2. The van der Waals surface area contributed by atoms with Crippen molar-refractivity contribution in [1.29, 1.82) is 0 Å². The number of nitrogens with zero attached hydrogens (tertiary/aromatic N) is 6. The number of nitrogens with one attached hydrogen (secondary N) is 1. The predicted octanol–water partition coefficient (Wildman–Crippen LogP) is 8.41. The lowest BCUT2D eigenvalue weighted by Gasteiger charge is -2.29. The van der Waals surface area contributed by atoms with Crippen molar-refractivity contribution in [3.63, 3.8) is 0 Å². The van der Waals surface area contributed by atoms with E-state index >= 15 is 0 Å². The van der Waals surface area contributed by atoms with Crippen molar-refractivity contribution in [1.82, 2.24) is 24.3 Å². The third-order valence-corrected chi connectivity index (χ3v) is 9.31. The average molecular weight is 658 g/mol. The Morgan fingerprint density at radius 1 is 1.07 bits per heavy atom. The van der Waals surface area contributed by atoms with E-state index in [1.807, 2.05) is 0 Å². The molecule has 2 aliphatic rings. The lowest BCUT2D eigenvalue weighted by molar-refractivity contribution is -0.136. The molecule has 0 amide bonds. The molecule has 5 heterocycles. The van der Waals surface area contributed by atoms with Crippen molar-refractivity contribution in [2.45, 2.75) is 57.0 Å². The number of piperidine rings is 1. The molecule has 0 aliphatic carbocycles. The van der Waals surface area contributed by atoms with Crippen molar-refractivity contribution >= 4 is 33.1 Å². The van der Waals surface area contributed by atoms with Crippen molar-refractivity contribution < 1.29 is 26.3 Å². The summed E-state index contributed by atoms with van der Waals surface area (Å²) in [6.07, 6.45) is -1.83.